The third kappa shape index (κ3) is 4.57. The van der Waals surface area contributed by atoms with Crippen LogP contribution in [0.2, 0.25) is 0 Å². The molecule has 4 rings (SSSR count). The fraction of sp³-hybridized carbons (Fsp3) is 0.348. The topological polar surface area (TPSA) is 73.2 Å². The molecule has 30 heavy (non-hydrogen) atoms. The lowest BCUT2D eigenvalue weighted by atomic mass is 10.1. The van der Waals surface area contributed by atoms with Gasteiger partial charge in [-0.3, -0.25) is 14.2 Å². The number of hydrogen-bond acceptors (Lipinski definition) is 5. The van der Waals surface area contributed by atoms with E-state index in [9.17, 15) is 9.59 Å². The first kappa shape index (κ1) is 20.6. The number of ether oxygens (including phenoxy) is 1. The monoisotopic (exact) mass is 423 g/mol. The average molecular weight is 424 g/mol. The Labute approximate surface area is 179 Å². The van der Waals surface area contributed by atoms with Crippen LogP contribution < -0.4 is 10.9 Å². The molecule has 3 aromatic rings. The fourth-order valence-electron chi connectivity index (χ4n) is 3.68. The van der Waals surface area contributed by atoms with Crippen molar-refractivity contribution in [3.05, 3.63) is 63.9 Å². The predicted octanol–water partition coefficient (Wildman–Crippen LogP) is 3.92. The first-order chi connectivity index (χ1) is 14.5. The van der Waals surface area contributed by atoms with E-state index in [1.807, 2.05) is 50.2 Å². The molecule has 1 aliphatic rings. The van der Waals surface area contributed by atoms with Crippen LogP contribution in [0.3, 0.4) is 0 Å². The van der Waals surface area contributed by atoms with Crippen molar-refractivity contribution in [3.63, 3.8) is 0 Å². The summed E-state index contributed by atoms with van der Waals surface area (Å²) in [7, 11) is 0. The van der Waals surface area contributed by atoms with Crippen molar-refractivity contribution >= 4 is 34.3 Å². The first-order valence-corrected chi connectivity index (χ1v) is 11.1. The number of carbonyl (C=O) groups is 1. The van der Waals surface area contributed by atoms with Gasteiger partial charge in [-0.05, 0) is 50.5 Å². The Balaban J connectivity index is 1.56. The van der Waals surface area contributed by atoms with Gasteiger partial charge in [0.2, 0.25) is 5.91 Å². The molecule has 0 aliphatic carbocycles. The molecule has 0 radical (unpaired) electrons. The molecule has 156 valence electrons. The molecule has 2 aromatic carbocycles. The Morgan fingerprint density at radius 2 is 2.10 bits per heavy atom. The number of aryl methyl sites for hydroxylation is 2. The molecular weight excluding hydrogens is 398 g/mol. The molecule has 1 N–H and O–H groups in total. The van der Waals surface area contributed by atoms with Crippen molar-refractivity contribution in [1.29, 1.82) is 0 Å². The highest BCUT2D eigenvalue weighted by Gasteiger charge is 2.20. The van der Waals surface area contributed by atoms with E-state index >= 15 is 0 Å². The normalized spacial score (nSPS) is 16.1. The van der Waals surface area contributed by atoms with Gasteiger partial charge >= 0.3 is 0 Å². The lowest BCUT2D eigenvalue weighted by Gasteiger charge is -2.16. The molecule has 1 saturated heterocycles. The summed E-state index contributed by atoms with van der Waals surface area (Å²) in [5.41, 5.74) is 3.53. The standard InChI is InChI=1S/C23H25N3O3S/c1-15-9-10-19(16(2)12-15)24-21(27)14-30-23-25-20-8-4-3-7-18(20)22(28)26(23)13-17-6-5-11-29-17/h3-4,7-10,12,17H,5-6,11,13-14H2,1-2H3,(H,24,27). The van der Waals surface area contributed by atoms with Gasteiger partial charge in [0.15, 0.2) is 5.16 Å². The highest BCUT2D eigenvalue weighted by Crippen LogP contribution is 2.22. The van der Waals surface area contributed by atoms with Gasteiger partial charge in [0, 0.05) is 12.3 Å². The maximum absolute atomic E-state index is 13.1. The maximum Gasteiger partial charge on any atom is 0.262 e. The minimum absolute atomic E-state index is 0.00838. The summed E-state index contributed by atoms with van der Waals surface area (Å²) in [6.07, 6.45) is 1.94. The maximum atomic E-state index is 13.1. The SMILES string of the molecule is Cc1ccc(NC(=O)CSc2nc3ccccc3c(=O)n2CC2CCCO2)c(C)c1. The molecule has 1 atom stereocenters. The number of amides is 1. The van der Waals surface area contributed by atoms with Crippen molar-refractivity contribution in [3.8, 4) is 0 Å². The van der Waals surface area contributed by atoms with Crippen LogP contribution in [-0.4, -0.2) is 33.9 Å². The van der Waals surface area contributed by atoms with Gasteiger partial charge in [-0.1, -0.05) is 41.6 Å². The van der Waals surface area contributed by atoms with E-state index in [1.54, 1.807) is 10.6 Å². The second kappa shape index (κ2) is 9.02. The molecule has 1 amide bonds. The van der Waals surface area contributed by atoms with Crippen LogP contribution in [0.5, 0.6) is 0 Å². The Morgan fingerprint density at radius 3 is 2.87 bits per heavy atom. The molecule has 1 aromatic heterocycles. The minimum Gasteiger partial charge on any atom is -0.376 e. The Hall–Kier alpha value is -2.64. The van der Waals surface area contributed by atoms with E-state index in [1.165, 1.54) is 11.8 Å². The number of anilines is 1. The number of aromatic nitrogens is 2. The zero-order valence-electron chi connectivity index (χ0n) is 17.2. The van der Waals surface area contributed by atoms with Crippen molar-refractivity contribution in [2.24, 2.45) is 0 Å². The molecular formula is C23H25N3O3S. The number of hydrogen-bond donors (Lipinski definition) is 1. The summed E-state index contributed by atoms with van der Waals surface area (Å²) >= 11 is 1.28. The molecule has 0 saturated carbocycles. The van der Waals surface area contributed by atoms with Gasteiger partial charge in [-0.25, -0.2) is 4.98 Å². The lowest BCUT2D eigenvalue weighted by Crippen LogP contribution is -2.29. The van der Waals surface area contributed by atoms with Crippen LogP contribution in [0.1, 0.15) is 24.0 Å². The van der Waals surface area contributed by atoms with Crippen LogP contribution in [0, 0.1) is 13.8 Å². The summed E-state index contributed by atoms with van der Waals surface area (Å²) in [5.74, 6) is 0.0434. The van der Waals surface area contributed by atoms with Gasteiger partial charge in [-0.2, -0.15) is 0 Å². The van der Waals surface area contributed by atoms with E-state index in [0.29, 0.717) is 22.6 Å². The molecule has 1 unspecified atom stereocenters. The highest BCUT2D eigenvalue weighted by atomic mass is 32.2. The minimum atomic E-state index is -0.127. The van der Waals surface area contributed by atoms with Crippen molar-refractivity contribution < 1.29 is 9.53 Å². The zero-order chi connectivity index (χ0) is 21.1. The van der Waals surface area contributed by atoms with Crippen LogP contribution in [0.15, 0.2) is 52.4 Å². The fourth-order valence-corrected chi connectivity index (χ4v) is 4.49. The smallest absolute Gasteiger partial charge is 0.262 e. The van der Waals surface area contributed by atoms with E-state index < -0.39 is 0 Å². The van der Waals surface area contributed by atoms with E-state index in [0.717, 1.165) is 36.3 Å². The van der Waals surface area contributed by atoms with Gasteiger partial charge in [0.25, 0.3) is 5.56 Å². The summed E-state index contributed by atoms with van der Waals surface area (Å²) in [6, 6.07) is 13.2. The van der Waals surface area contributed by atoms with Crippen LogP contribution in [-0.2, 0) is 16.1 Å². The van der Waals surface area contributed by atoms with Crippen molar-refractivity contribution in [2.45, 2.75) is 44.5 Å². The van der Waals surface area contributed by atoms with Gasteiger partial charge in [0.05, 0.1) is 29.3 Å². The van der Waals surface area contributed by atoms with Crippen molar-refractivity contribution in [1.82, 2.24) is 9.55 Å². The number of nitrogens with zero attached hydrogens (tertiary/aromatic N) is 2. The molecule has 1 fully saturated rings. The molecule has 6 nitrogen and oxygen atoms in total. The van der Waals surface area contributed by atoms with Gasteiger partial charge in [-0.15, -0.1) is 0 Å². The van der Waals surface area contributed by atoms with E-state index in [4.69, 9.17) is 4.74 Å². The first-order valence-electron chi connectivity index (χ1n) is 10.1. The number of benzene rings is 2. The lowest BCUT2D eigenvalue weighted by molar-refractivity contribution is -0.113. The quantitative estimate of drug-likeness (QED) is 0.480. The average Bonchev–Trinajstić information content (AvgIpc) is 3.24. The van der Waals surface area contributed by atoms with E-state index in [2.05, 4.69) is 10.3 Å². The third-order valence-corrected chi connectivity index (χ3v) is 6.20. The van der Waals surface area contributed by atoms with Gasteiger partial charge in [0.1, 0.15) is 0 Å². The molecule has 7 heteroatoms. The zero-order valence-corrected chi connectivity index (χ0v) is 18.0. The number of rotatable bonds is 6. The number of nitrogens with one attached hydrogen (secondary N) is 1. The molecule has 0 bridgehead atoms. The Bertz CT molecular complexity index is 1140. The van der Waals surface area contributed by atoms with Crippen LogP contribution in [0.25, 0.3) is 10.9 Å². The van der Waals surface area contributed by atoms with Crippen LogP contribution in [0.4, 0.5) is 5.69 Å². The third-order valence-electron chi connectivity index (χ3n) is 5.23. The molecule has 1 aliphatic heterocycles. The number of para-hydroxylation sites is 1. The number of thioether (sulfide) groups is 1. The second-order valence-corrected chi connectivity index (χ2v) is 8.56. The van der Waals surface area contributed by atoms with E-state index in [-0.39, 0.29) is 23.3 Å². The largest absolute Gasteiger partial charge is 0.376 e. The van der Waals surface area contributed by atoms with Crippen molar-refractivity contribution in [2.75, 3.05) is 17.7 Å². The van der Waals surface area contributed by atoms with Gasteiger partial charge < -0.3 is 10.1 Å². The number of carbonyl (C=O) groups excluding carboxylic acids is 1. The summed E-state index contributed by atoms with van der Waals surface area (Å²) in [6.45, 7) is 5.17. The Kier molecular flexibility index (Phi) is 6.20. The summed E-state index contributed by atoms with van der Waals surface area (Å²) < 4.78 is 7.39. The molecule has 2 heterocycles. The summed E-state index contributed by atoms with van der Waals surface area (Å²) in [4.78, 5) is 30.3. The number of fused-ring (bicyclic) bond motifs is 1. The molecule has 0 spiro atoms. The Morgan fingerprint density at radius 1 is 1.27 bits per heavy atom. The second-order valence-electron chi connectivity index (χ2n) is 7.62. The summed E-state index contributed by atoms with van der Waals surface area (Å²) in [5, 5.41) is 4.08. The van der Waals surface area contributed by atoms with Crippen LogP contribution >= 0.6 is 11.8 Å². The predicted molar refractivity (Wildman–Crippen MR) is 120 cm³/mol. The highest BCUT2D eigenvalue weighted by molar-refractivity contribution is 7.99.